The van der Waals surface area contributed by atoms with Gasteiger partial charge in [0.25, 0.3) is 5.91 Å². The van der Waals surface area contributed by atoms with Gasteiger partial charge in [-0.2, -0.15) is 23.5 Å². The van der Waals surface area contributed by atoms with Crippen molar-refractivity contribution in [2.75, 3.05) is 23.8 Å². The third-order valence-electron chi connectivity index (χ3n) is 2.61. The number of rotatable bonds is 3. The highest BCUT2D eigenvalue weighted by Gasteiger charge is 2.20. The van der Waals surface area contributed by atoms with Crippen LogP contribution in [0, 0.1) is 11.6 Å². The molecule has 1 heterocycles. The second-order valence-corrected chi connectivity index (χ2v) is 7.50. The van der Waals surface area contributed by atoms with E-state index in [0.29, 0.717) is 11.8 Å². The summed E-state index contributed by atoms with van der Waals surface area (Å²) in [6.45, 7) is 0.436. The quantitative estimate of drug-likeness (QED) is 0.888. The van der Waals surface area contributed by atoms with Gasteiger partial charge in [0.15, 0.2) is 0 Å². The lowest BCUT2D eigenvalue weighted by Gasteiger charge is -2.21. The molecule has 2 rings (SSSR count). The van der Waals surface area contributed by atoms with Crippen LogP contribution in [-0.4, -0.2) is 35.0 Å². The zero-order valence-corrected chi connectivity index (χ0v) is 13.1. The molecule has 0 bridgehead atoms. The summed E-state index contributed by atoms with van der Waals surface area (Å²) in [7, 11) is 0. The number of thioether (sulfide) groups is 2. The maximum atomic E-state index is 13.6. The van der Waals surface area contributed by atoms with Gasteiger partial charge in [-0.15, -0.1) is 0 Å². The highest BCUT2D eigenvalue weighted by atomic mass is 79.9. The fraction of sp³-hybridized carbons (Fsp3) is 0.417. The Kier molecular flexibility index (Phi) is 5.53. The predicted octanol–water partition coefficient (Wildman–Crippen LogP) is 3.31. The smallest absolute Gasteiger partial charge is 0.257 e. The monoisotopic (exact) mass is 367 g/mol. The topological polar surface area (TPSA) is 29.1 Å². The zero-order valence-electron chi connectivity index (χ0n) is 9.92. The van der Waals surface area contributed by atoms with E-state index in [2.05, 4.69) is 21.2 Å². The van der Waals surface area contributed by atoms with Gasteiger partial charge in [0.05, 0.1) is 0 Å². The van der Waals surface area contributed by atoms with E-state index in [1.165, 1.54) is 0 Å². The molecule has 104 valence electrons. The first-order chi connectivity index (χ1) is 9.08. The Morgan fingerprint density at radius 2 is 2.05 bits per heavy atom. The molecule has 1 aromatic carbocycles. The Morgan fingerprint density at radius 1 is 1.37 bits per heavy atom. The van der Waals surface area contributed by atoms with Gasteiger partial charge >= 0.3 is 0 Å². The van der Waals surface area contributed by atoms with Crippen molar-refractivity contribution < 1.29 is 13.6 Å². The standard InChI is InChI=1S/C12H12BrF2NOS2/c13-7-3-9(14)11(10(15)4-7)12(17)16-5-8-6-18-1-2-19-8/h3-4,8H,1-2,5-6H2,(H,16,17). The van der Waals surface area contributed by atoms with Crippen LogP contribution in [0.25, 0.3) is 0 Å². The van der Waals surface area contributed by atoms with Crippen LogP contribution in [0.2, 0.25) is 0 Å². The SMILES string of the molecule is O=C(NCC1CSCCS1)c1c(F)cc(Br)cc1F. The summed E-state index contributed by atoms with van der Waals surface area (Å²) in [5, 5.41) is 2.91. The molecule has 0 aliphatic carbocycles. The lowest BCUT2D eigenvalue weighted by molar-refractivity contribution is 0.0946. The van der Waals surface area contributed by atoms with Crippen LogP contribution in [0.3, 0.4) is 0 Å². The van der Waals surface area contributed by atoms with Gasteiger partial charge < -0.3 is 5.32 Å². The summed E-state index contributed by atoms with van der Waals surface area (Å²) in [4.78, 5) is 11.8. The largest absolute Gasteiger partial charge is 0.351 e. The number of benzene rings is 1. The average molecular weight is 368 g/mol. The van der Waals surface area contributed by atoms with Gasteiger partial charge in [0.2, 0.25) is 0 Å². The molecule has 1 N–H and O–H groups in total. The van der Waals surface area contributed by atoms with E-state index in [-0.39, 0.29) is 4.47 Å². The second-order valence-electron chi connectivity index (χ2n) is 4.02. The van der Waals surface area contributed by atoms with E-state index >= 15 is 0 Å². The fourth-order valence-electron chi connectivity index (χ4n) is 1.71. The maximum absolute atomic E-state index is 13.6. The van der Waals surface area contributed by atoms with Gasteiger partial charge in [-0.1, -0.05) is 15.9 Å². The highest BCUT2D eigenvalue weighted by molar-refractivity contribution is 9.10. The number of carbonyl (C=O) groups excluding carboxylic acids is 1. The minimum atomic E-state index is -0.852. The Balaban J connectivity index is 1.99. The van der Waals surface area contributed by atoms with Crippen LogP contribution in [0.5, 0.6) is 0 Å². The molecule has 1 aromatic rings. The number of carbonyl (C=O) groups is 1. The lowest BCUT2D eigenvalue weighted by atomic mass is 10.2. The number of nitrogens with one attached hydrogen (secondary N) is 1. The Bertz CT molecular complexity index is 458. The van der Waals surface area contributed by atoms with Crippen molar-refractivity contribution in [3.63, 3.8) is 0 Å². The summed E-state index contributed by atoms with van der Waals surface area (Å²) in [6.07, 6.45) is 0. The molecule has 19 heavy (non-hydrogen) atoms. The van der Waals surface area contributed by atoms with Crippen molar-refractivity contribution in [1.82, 2.24) is 5.32 Å². The highest BCUT2D eigenvalue weighted by Crippen LogP contribution is 2.24. The van der Waals surface area contributed by atoms with Crippen molar-refractivity contribution >= 4 is 45.4 Å². The minimum absolute atomic E-state index is 0.276. The molecule has 0 aromatic heterocycles. The van der Waals surface area contributed by atoms with Crippen LogP contribution in [0.4, 0.5) is 8.78 Å². The minimum Gasteiger partial charge on any atom is -0.351 e. The van der Waals surface area contributed by atoms with E-state index < -0.39 is 23.1 Å². The van der Waals surface area contributed by atoms with Crippen LogP contribution in [-0.2, 0) is 0 Å². The first-order valence-corrected chi connectivity index (χ1v) is 8.69. The lowest BCUT2D eigenvalue weighted by Crippen LogP contribution is -2.34. The number of hydrogen-bond donors (Lipinski definition) is 1. The van der Waals surface area contributed by atoms with Crippen molar-refractivity contribution in [3.05, 3.63) is 33.8 Å². The number of halogens is 3. The summed E-state index contributed by atoms with van der Waals surface area (Å²) in [6, 6.07) is 2.17. The third kappa shape index (κ3) is 4.10. The third-order valence-corrected chi connectivity index (χ3v) is 5.91. The van der Waals surface area contributed by atoms with E-state index in [9.17, 15) is 13.6 Å². The fourth-order valence-corrected chi connectivity index (χ4v) is 4.72. The maximum Gasteiger partial charge on any atom is 0.257 e. The number of amides is 1. The summed E-state index contributed by atoms with van der Waals surface area (Å²) in [5.41, 5.74) is -0.517. The molecule has 7 heteroatoms. The molecule has 1 saturated heterocycles. The Morgan fingerprint density at radius 3 is 2.63 bits per heavy atom. The van der Waals surface area contributed by atoms with Gasteiger partial charge in [-0.3, -0.25) is 4.79 Å². The van der Waals surface area contributed by atoms with Crippen LogP contribution >= 0.6 is 39.5 Å². The van der Waals surface area contributed by atoms with E-state index in [1.807, 2.05) is 11.8 Å². The Hall–Kier alpha value is -0.270. The van der Waals surface area contributed by atoms with Crippen LogP contribution < -0.4 is 5.32 Å². The molecule has 1 aliphatic rings. The second kappa shape index (κ2) is 6.95. The normalized spacial score (nSPS) is 19.2. The van der Waals surface area contributed by atoms with E-state index in [4.69, 9.17) is 0 Å². The van der Waals surface area contributed by atoms with Gasteiger partial charge in [0.1, 0.15) is 17.2 Å². The molecule has 1 atom stereocenters. The molecule has 0 radical (unpaired) electrons. The Labute approximate surface area is 127 Å². The predicted molar refractivity (Wildman–Crippen MR) is 80.0 cm³/mol. The molecule has 0 spiro atoms. The summed E-state index contributed by atoms with van der Waals surface area (Å²) in [5.74, 6) is 0.719. The van der Waals surface area contributed by atoms with Crippen molar-refractivity contribution in [2.24, 2.45) is 0 Å². The zero-order chi connectivity index (χ0) is 13.8. The van der Waals surface area contributed by atoms with Crippen molar-refractivity contribution in [2.45, 2.75) is 5.25 Å². The van der Waals surface area contributed by atoms with Gasteiger partial charge in [-0.25, -0.2) is 8.78 Å². The molecule has 1 aliphatic heterocycles. The van der Waals surface area contributed by atoms with Gasteiger partial charge in [-0.05, 0) is 12.1 Å². The first kappa shape index (κ1) is 15.1. The number of hydrogen-bond acceptors (Lipinski definition) is 3. The molecule has 0 saturated carbocycles. The first-order valence-electron chi connectivity index (χ1n) is 5.70. The molecule has 1 fully saturated rings. The molecule has 1 unspecified atom stereocenters. The molecular formula is C12H12BrF2NOS2. The van der Waals surface area contributed by atoms with Crippen molar-refractivity contribution in [3.8, 4) is 0 Å². The summed E-state index contributed by atoms with van der Waals surface area (Å²) < 4.78 is 27.5. The molecule has 2 nitrogen and oxygen atoms in total. The van der Waals surface area contributed by atoms with Gasteiger partial charge in [0, 0.05) is 33.5 Å². The van der Waals surface area contributed by atoms with Crippen LogP contribution in [0.15, 0.2) is 16.6 Å². The summed E-state index contributed by atoms with van der Waals surface area (Å²) >= 11 is 6.59. The van der Waals surface area contributed by atoms with Crippen LogP contribution in [0.1, 0.15) is 10.4 Å². The average Bonchev–Trinajstić information content (AvgIpc) is 2.36. The van der Waals surface area contributed by atoms with Crippen molar-refractivity contribution in [1.29, 1.82) is 0 Å². The van der Waals surface area contributed by atoms with E-state index in [0.717, 1.165) is 29.4 Å². The van der Waals surface area contributed by atoms with E-state index in [1.54, 1.807) is 11.8 Å². The molecular weight excluding hydrogens is 356 g/mol. The molecule has 1 amide bonds.